The quantitative estimate of drug-likeness (QED) is 0.566. The smallest absolute Gasteiger partial charge is 0.257 e. The molecule has 6 nitrogen and oxygen atoms in total. The number of hydrogen-bond donors (Lipinski definition) is 2. The minimum Gasteiger partial charge on any atom is -0.326 e. The maximum Gasteiger partial charge on any atom is 0.257 e. The number of nitrogens with zero attached hydrogens (tertiary/aromatic N) is 2. The van der Waals surface area contributed by atoms with Crippen LogP contribution in [-0.2, 0) is 16.3 Å². The van der Waals surface area contributed by atoms with Crippen molar-refractivity contribution in [2.45, 2.75) is 24.9 Å². The van der Waals surface area contributed by atoms with Gasteiger partial charge in [0.05, 0.1) is 0 Å². The first-order chi connectivity index (χ1) is 13.6. The second-order valence-electron chi connectivity index (χ2n) is 5.91. The summed E-state index contributed by atoms with van der Waals surface area (Å²) in [5.74, 6) is 1.33. The van der Waals surface area contributed by atoms with Gasteiger partial charge in [0.2, 0.25) is 11.0 Å². The van der Waals surface area contributed by atoms with Crippen molar-refractivity contribution in [3.63, 3.8) is 0 Å². The fourth-order valence-corrected chi connectivity index (χ4v) is 4.09. The number of nitrogens with one attached hydrogen (secondary N) is 2. The molecule has 144 valence electrons. The number of carbonyl (C=O) groups excluding carboxylic acids is 2. The lowest BCUT2D eigenvalue weighted by atomic mass is 10.2. The predicted molar refractivity (Wildman–Crippen MR) is 115 cm³/mol. The summed E-state index contributed by atoms with van der Waals surface area (Å²) in [5, 5.41) is 15.0. The normalized spacial score (nSPS) is 10.5. The molecule has 0 bridgehead atoms. The van der Waals surface area contributed by atoms with E-state index in [-0.39, 0.29) is 11.8 Å². The number of rotatable bonds is 8. The summed E-state index contributed by atoms with van der Waals surface area (Å²) >= 11 is 3.13. The third-order valence-electron chi connectivity index (χ3n) is 3.78. The van der Waals surface area contributed by atoms with Gasteiger partial charge in [0, 0.05) is 29.2 Å². The van der Waals surface area contributed by atoms with Crippen LogP contribution in [0, 0.1) is 0 Å². The minimum absolute atomic E-state index is 0.0660. The van der Waals surface area contributed by atoms with Crippen LogP contribution in [0.3, 0.4) is 0 Å². The van der Waals surface area contributed by atoms with Gasteiger partial charge in [-0.2, -0.15) is 0 Å². The Bertz CT molecular complexity index is 927. The van der Waals surface area contributed by atoms with Crippen LogP contribution in [-0.4, -0.2) is 22.0 Å². The highest BCUT2D eigenvalue weighted by Crippen LogP contribution is 2.23. The maximum absolute atomic E-state index is 12.3. The lowest BCUT2D eigenvalue weighted by molar-refractivity contribution is -0.115. The van der Waals surface area contributed by atoms with Crippen LogP contribution in [0.1, 0.15) is 34.3 Å². The molecule has 0 atom stereocenters. The molecule has 0 aliphatic heterocycles. The van der Waals surface area contributed by atoms with Gasteiger partial charge in [-0.15, -0.1) is 22.0 Å². The molecule has 0 spiro atoms. The van der Waals surface area contributed by atoms with E-state index in [1.165, 1.54) is 16.9 Å². The Kier molecular flexibility index (Phi) is 7.16. The lowest BCUT2D eigenvalue weighted by Crippen LogP contribution is -2.12. The minimum atomic E-state index is -0.256. The molecular weight excluding hydrogens is 392 g/mol. The Morgan fingerprint density at radius 3 is 2.43 bits per heavy atom. The number of benzene rings is 2. The van der Waals surface area contributed by atoms with Crippen molar-refractivity contribution < 1.29 is 9.59 Å². The standard InChI is InChI=1S/C20H20N4O2S2/c1-2-17(25)21-16-10-8-15(9-11-16)19(26)22-20-24-23-18(28-20)13-27-12-14-6-4-3-5-7-14/h3-11H,2,12-13H2,1H3,(H,21,25)(H,22,24,26). The third-order valence-corrected chi connectivity index (χ3v) is 5.81. The molecule has 2 N–H and O–H groups in total. The van der Waals surface area contributed by atoms with Crippen molar-refractivity contribution in [1.29, 1.82) is 0 Å². The SMILES string of the molecule is CCC(=O)Nc1ccc(C(=O)Nc2nnc(CSCc3ccccc3)s2)cc1. The average Bonchev–Trinajstić information content (AvgIpc) is 3.16. The third kappa shape index (κ3) is 5.90. The van der Waals surface area contributed by atoms with Crippen molar-refractivity contribution in [3.05, 3.63) is 70.7 Å². The van der Waals surface area contributed by atoms with Crippen molar-refractivity contribution in [2.75, 3.05) is 10.6 Å². The molecule has 0 fully saturated rings. The van der Waals surface area contributed by atoms with Gasteiger partial charge < -0.3 is 5.32 Å². The van der Waals surface area contributed by atoms with E-state index in [1.807, 2.05) is 18.2 Å². The number of aromatic nitrogens is 2. The first kappa shape index (κ1) is 20.0. The first-order valence-corrected chi connectivity index (χ1v) is 10.8. The molecule has 0 aliphatic carbocycles. The van der Waals surface area contributed by atoms with Crippen LogP contribution < -0.4 is 10.6 Å². The van der Waals surface area contributed by atoms with Crippen LogP contribution >= 0.6 is 23.1 Å². The summed E-state index contributed by atoms with van der Waals surface area (Å²) in [6.07, 6.45) is 0.408. The number of amides is 2. The van der Waals surface area contributed by atoms with E-state index in [9.17, 15) is 9.59 Å². The molecule has 0 unspecified atom stereocenters. The van der Waals surface area contributed by atoms with Crippen LogP contribution in [0.4, 0.5) is 10.8 Å². The molecule has 1 aromatic heterocycles. The maximum atomic E-state index is 12.3. The van der Waals surface area contributed by atoms with Crippen molar-refractivity contribution >= 4 is 45.7 Å². The molecule has 0 saturated carbocycles. The Hall–Kier alpha value is -2.71. The Morgan fingerprint density at radius 1 is 0.964 bits per heavy atom. The molecule has 1 heterocycles. The van der Waals surface area contributed by atoms with Gasteiger partial charge in [-0.05, 0) is 29.8 Å². The van der Waals surface area contributed by atoms with Gasteiger partial charge in [-0.1, -0.05) is 48.6 Å². The highest BCUT2D eigenvalue weighted by atomic mass is 32.2. The van der Waals surface area contributed by atoms with Gasteiger partial charge in [-0.25, -0.2) is 0 Å². The highest BCUT2D eigenvalue weighted by molar-refractivity contribution is 7.97. The van der Waals surface area contributed by atoms with Gasteiger partial charge >= 0.3 is 0 Å². The number of thioether (sulfide) groups is 1. The molecular formula is C20H20N4O2S2. The molecule has 8 heteroatoms. The van der Waals surface area contributed by atoms with E-state index in [4.69, 9.17) is 0 Å². The average molecular weight is 413 g/mol. The summed E-state index contributed by atoms with van der Waals surface area (Å²) in [6, 6.07) is 17.0. The number of anilines is 2. The number of hydrogen-bond acceptors (Lipinski definition) is 6. The Balaban J connectivity index is 1.50. The van der Waals surface area contributed by atoms with E-state index < -0.39 is 0 Å². The summed E-state index contributed by atoms with van der Waals surface area (Å²) in [7, 11) is 0. The van der Waals surface area contributed by atoms with Crippen molar-refractivity contribution in [2.24, 2.45) is 0 Å². The van der Waals surface area contributed by atoms with Crippen LogP contribution in [0.15, 0.2) is 54.6 Å². The van der Waals surface area contributed by atoms with Gasteiger partial charge in [0.15, 0.2) is 0 Å². The molecule has 0 radical (unpaired) electrons. The topological polar surface area (TPSA) is 84.0 Å². The summed E-state index contributed by atoms with van der Waals surface area (Å²) < 4.78 is 0. The van der Waals surface area contributed by atoms with E-state index in [0.29, 0.717) is 22.8 Å². The second-order valence-corrected chi connectivity index (χ2v) is 7.96. The molecule has 2 amide bonds. The Morgan fingerprint density at radius 2 is 1.71 bits per heavy atom. The molecule has 28 heavy (non-hydrogen) atoms. The van der Waals surface area contributed by atoms with Crippen LogP contribution in [0.2, 0.25) is 0 Å². The van der Waals surface area contributed by atoms with E-state index >= 15 is 0 Å². The monoisotopic (exact) mass is 412 g/mol. The summed E-state index contributed by atoms with van der Waals surface area (Å²) in [5.41, 5.74) is 2.42. The summed E-state index contributed by atoms with van der Waals surface area (Å²) in [6.45, 7) is 1.79. The largest absolute Gasteiger partial charge is 0.326 e. The molecule has 3 rings (SSSR count). The highest BCUT2D eigenvalue weighted by Gasteiger charge is 2.11. The molecule has 2 aromatic carbocycles. The zero-order chi connectivity index (χ0) is 19.8. The summed E-state index contributed by atoms with van der Waals surface area (Å²) in [4.78, 5) is 23.7. The predicted octanol–water partition coefficient (Wildman–Crippen LogP) is 4.57. The fraction of sp³-hybridized carbons (Fsp3) is 0.200. The Labute approximate surface area is 171 Å². The number of carbonyl (C=O) groups is 2. The van der Waals surface area contributed by atoms with E-state index in [2.05, 4.69) is 33.0 Å². The van der Waals surface area contributed by atoms with Crippen LogP contribution in [0.5, 0.6) is 0 Å². The zero-order valence-electron chi connectivity index (χ0n) is 15.3. The molecule has 0 saturated heterocycles. The zero-order valence-corrected chi connectivity index (χ0v) is 17.0. The van der Waals surface area contributed by atoms with E-state index in [1.54, 1.807) is 43.0 Å². The second kappa shape index (κ2) is 10.0. The molecule has 0 aliphatic rings. The van der Waals surface area contributed by atoms with Gasteiger partial charge in [0.1, 0.15) is 5.01 Å². The van der Waals surface area contributed by atoms with Crippen molar-refractivity contribution in [3.8, 4) is 0 Å². The van der Waals surface area contributed by atoms with Gasteiger partial charge in [-0.3, -0.25) is 14.9 Å². The van der Waals surface area contributed by atoms with Crippen LogP contribution in [0.25, 0.3) is 0 Å². The first-order valence-electron chi connectivity index (χ1n) is 8.79. The lowest BCUT2D eigenvalue weighted by Gasteiger charge is -2.05. The van der Waals surface area contributed by atoms with Gasteiger partial charge in [0.25, 0.3) is 5.91 Å². The van der Waals surface area contributed by atoms with E-state index in [0.717, 1.165) is 16.5 Å². The fourth-order valence-electron chi connectivity index (χ4n) is 2.32. The van der Waals surface area contributed by atoms with Crippen molar-refractivity contribution in [1.82, 2.24) is 10.2 Å². The molecule has 3 aromatic rings.